The fourth-order valence-electron chi connectivity index (χ4n) is 2.22. The molecular weight excluding hydrogens is 348 g/mol. The molecule has 0 fully saturated rings. The molecule has 2 rings (SSSR count). The van der Waals surface area contributed by atoms with E-state index in [1.54, 1.807) is 11.0 Å². The van der Waals surface area contributed by atoms with Crippen LogP contribution < -0.4 is 0 Å². The number of rotatable bonds is 2. The van der Waals surface area contributed by atoms with Gasteiger partial charge in [0.2, 0.25) is 0 Å². The van der Waals surface area contributed by atoms with Crippen molar-refractivity contribution in [3.8, 4) is 0 Å². The highest BCUT2D eigenvalue weighted by Crippen LogP contribution is 2.23. The first kappa shape index (κ1) is 17.0. The molecule has 5 nitrogen and oxygen atoms in total. The lowest BCUT2D eigenvalue weighted by atomic mass is 10.0. The van der Waals surface area contributed by atoms with Crippen molar-refractivity contribution in [1.82, 2.24) is 9.88 Å². The molecule has 0 bridgehead atoms. The van der Waals surface area contributed by atoms with Crippen LogP contribution >= 0.6 is 15.9 Å². The Labute approximate surface area is 139 Å². The summed E-state index contributed by atoms with van der Waals surface area (Å²) in [6.45, 7) is 6.62. The number of aliphatic hydroxyl groups is 1. The number of nitrogens with zero attached hydrogens (tertiary/aromatic N) is 2. The third-order valence-corrected chi connectivity index (χ3v) is 3.57. The molecule has 0 aromatic carbocycles. The molecule has 22 heavy (non-hydrogen) atoms. The average molecular weight is 369 g/mol. The second-order valence-electron chi connectivity index (χ2n) is 6.26. The monoisotopic (exact) mass is 368 g/mol. The first-order valence-electron chi connectivity index (χ1n) is 7.23. The third kappa shape index (κ3) is 4.55. The molecule has 0 saturated carbocycles. The molecule has 0 saturated heterocycles. The van der Waals surface area contributed by atoms with Crippen molar-refractivity contribution in [2.75, 3.05) is 13.1 Å². The van der Waals surface area contributed by atoms with Crippen LogP contribution in [-0.4, -0.2) is 39.8 Å². The van der Waals surface area contributed by atoms with Gasteiger partial charge >= 0.3 is 6.09 Å². The van der Waals surface area contributed by atoms with Crippen LogP contribution in [0.4, 0.5) is 4.79 Å². The highest BCUT2D eigenvalue weighted by Gasteiger charge is 2.25. The smallest absolute Gasteiger partial charge is 0.410 e. The molecule has 1 aromatic heterocycles. The van der Waals surface area contributed by atoms with Crippen molar-refractivity contribution in [1.29, 1.82) is 0 Å². The van der Waals surface area contributed by atoms with Crippen LogP contribution in [0.25, 0.3) is 5.57 Å². The first-order chi connectivity index (χ1) is 10.3. The average Bonchev–Trinajstić information content (AvgIpc) is 2.45. The van der Waals surface area contributed by atoms with Gasteiger partial charge in [0.25, 0.3) is 0 Å². The van der Waals surface area contributed by atoms with Gasteiger partial charge in [-0.05, 0) is 66.4 Å². The minimum Gasteiger partial charge on any atom is -0.444 e. The standard InChI is InChI=1S/C16H21BrN2O3/c1-16(2,3)22-15(21)19-6-4-5-12(9-19)13-7-11(10-20)8-14(17)18-13/h5,7-8,20H,4,6,9-10H2,1-3H3. The lowest BCUT2D eigenvalue weighted by molar-refractivity contribution is 0.0273. The van der Waals surface area contributed by atoms with E-state index in [9.17, 15) is 9.90 Å². The van der Waals surface area contributed by atoms with Gasteiger partial charge in [-0.25, -0.2) is 9.78 Å². The third-order valence-electron chi connectivity index (χ3n) is 3.17. The first-order valence-corrected chi connectivity index (χ1v) is 8.02. The Hall–Kier alpha value is -1.40. The number of hydrogen-bond donors (Lipinski definition) is 1. The summed E-state index contributed by atoms with van der Waals surface area (Å²) in [7, 11) is 0. The maximum Gasteiger partial charge on any atom is 0.410 e. The molecule has 0 spiro atoms. The van der Waals surface area contributed by atoms with Gasteiger partial charge in [-0.1, -0.05) is 6.08 Å². The molecule has 1 aliphatic heterocycles. The Balaban J connectivity index is 2.15. The summed E-state index contributed by atoms with van der Waals surface area (Å²) < 4.78 is 6.09. The zero-order valence-electron chi connectivity index (χ0n) is 13.1. The van der Waals surface area contributed by atoms with Crippen LogP contribution in [0.1, 0.15) is 38.4 Å². The quantitative estimate of drug-likeness (QED) is 0.812. The maximum absolute atomic E-state index is 12.2. The summed E-state index contributed by atoms with van der Waals surface area (Å²) >= 11 is 3.35. The van der Waals surface area contributed by atoms with Crippen molar-refractivity contribution in [3.63, 3.8) is 0 Å². The van der Waals surface area contributed by atoms with Gasteiger partial charge in [-0.15, -0.1) is 0 Å². The fourth-order valence-corrected chi connectivity index (χ4v) is 2.70. The Morgan fingerprint density at radius 2 is 2.18 bits per heavy atom. The number of carbonyl (C=O) groups excluding carboxylic acids is 1. The summed E-state index contributed by atoms with van der Waals surface area (Å²) in [6, 6.07) is 3.62. The van der Waals surface area contributed by atoms with Gasteiger partial charge in [0.15, 0.2) is 0 Å². The van der Waals surface area contributed by atoms with Crippen LogP contribution in [0.15, 0.2) is 22.8 Å². The van der Waals surface area contributed by atoms with Crippen LogP contribution in [-0.2, 0) is 11.3 Å². The maximum atomic E-state index is 12.2. The van der Waals surface area contributed by atoms with E-state index in [4.69, 9.17) is 4.74 Å². The number of carbonyl (C=O) groups is 1. The van der Waals surface area contributed by atoms with E-state index in [2.05, 4.69) is 27.0 Å². The molecule has 1 amide bonds. The number of pyridine rings is 1. The summed E-state index contributed by atoms with van der Waals surface area (Å²) in [6.07, 6.45) is 2.53. The number of halogens is 1. The number of aliphatic hydroxyl groups excluding tert-OH is 1. The Morgan fingerprint density at radius 1 is 1.45 bits per heavy atom. The Bertz CT molecular complexity index is 594. The summed E-state index contributed by atoms with van der Waals surface area (Å²) in [5.41, 5.74) is 2.02. The van der Waals surface area contributed by atoms with E-state index in [1.807, 2.05) is 26.8 Å². The number of aromatic nitrogens is 1. The van der Waals surface area contributed by atoms with E-state index in [0.29, 0.717) is 17.7 Å². The number of hydrogen-bond acceptors (Lipinski definition) is 4. The SMILES string of the molecule is CC(C)(C)OC(=O)N1CCC=C(c2cc(CO)cc(Br)n2)C1. The predicted octanol–water partition coefficient (Wildman–Crippen LogP) is 3.36. The van der Waals surface area contributed by atoms with Crippen molar-refractivity contribution in [2.24, 2.45) is 0 Å². The number of ether oxygens (including phenoxy) is 1. The second kappa shape index (κ2) is 6.79. The molecule has 1 N–H and O–H groups in total. The molecule has 6 heteroatoms. The van der Waals surface area contributed by atoms with Gasteiger partial charge in [-0.2, -0.15) is 0 Å². The molecule has 0 unspecified atom stereocenters. The molecule has 0 atom stereocenters. The fraction of sp³-hybridized carbons (Fsp3) is 0.500. The zero-order chi connectivity index (χ0) is 16.3. The Kier molecular flexibility index (Phi) is 5.24. The zero-order valence-corrected chi connectivity index (χ0v) is 14.7. The largest absolute Gasteiger partial charge is 0.444 e. The lowest BCUT2D eigenvalue weighted by Crippen LogP contribution is -2.39. The van der Waals surface area contributed by atoms with Crippen LogP contribution in [0, 0.1) is 0 Å². The van der Waals surface area contributed by atoms with E-state index < -0.39 is 5.60 Å². The molecule has 1 aliphatic rings. The van der Waals surface area contributed by atoms with E-state index in [1.165, 1.54) is 0 Å². The van der Waals surface area contributed by atoms with Crippen LogP contribution in [0.5, 0.6) is 0 Å². The lowest BCUT2D eigenvalue weighted by Gasteiger charge is -2.30. The molecular formula is C16H21BrN2O3. The van der Waals surface area contributed by atoms with Gasteiger partial charge in [0.1, 0.15) is 10.2 Å². The van der Waals surface area contributed by atoms with Crippen LogP contribution in [0.3, 0.4) is 0 Å². The van der Waals surface area contributed by atoms with Crippen molar-refractivity contribution in [2.45, 2.75) is 39.4 Å². The minimum absolute atomic E-state index is 0.0445. The van der Waals surface area contributed by atoms with Gasteiger partial charge < -0.3 is 14.7 Å². The minimum atomic E-state index is -0.503. The molecule has 0 radical (unpaired) electrons. The predicted molar refractivity (Wildman–Crippen MR) is 88.3 cm³/mol. The van der Waals surface area contributed by atoms with E-state index >= 15 is 0 Å². The van der Waals surface area contributed by atoms with Crippen molar-refractivity contribution < 1.29 is 14.6 Å². The highest BCUT2D eigenvalue weighted by molar-refractivity contribution is 9.10. The van der Waals surface area contributed by atoms with Crippen molar-refractivity contribution >= 4 is 27.6 Å². The summed E-state index contributed by atoms with van der Waals surface area (Å²) in [5, 5.41) is 9.30. The Morgan fingerprint density at radius 3 is 2.82 bits per heavy atom. The van der Waals surface area contributed by atoms with Gasteiger partial charge in [0.05, 0.1) is 18.8 Å². The summed E-state index contributed by atoms with van der Waals surface area (Å²) in [5.74, 6) is 0. The summed E-state index contributed by atoms with van der Waals surface area (Å²) in [4.78, 5) is 18.3. The normalized spacial score (nSPS) is 15.5. The van der Waals surface area contributed by atoms with Gasteiger partial charge in [-0.3, -0.25) is 0 Å². The molecule has 120 valence electrons. The molecule has 0 aliphatic carbocycles. The van der Waals surface area contributed by atoms with Gasteiger partial charge in [0, 0.05) is 6.54 Å². The van der Waals surface area contributed by atoms with Crippen LogP contribution in [0.2, 0.25) is 0 Å². The van der Waals surface area contributed by atoms with E-state index in [-0.39, 0.29) is 12.7 Å². The highest BCUT2D eigenvalue weighted by atomic mass is 79.9. The molecule has 1 aromatic rings. The number of amides is 1. The topological polar surface area (TPSA) is 62.7 Å². The van der Waals surface area contributed by atoms with E-state index in [0.717, 1.165) is 23.3 Å². The molecule has 2 heterocycles. The second-order valence-corrected chi connectivity index (χ2v) is 7.07. The van der Waals surface area contributed by atoms with Crippen molar-refractivity contribution in [3.05, 3.63) is 34.1 Å².